The minimum atomic E-state index is 0.333. The van der Waals surface area contributed by atoms with E-state index < -0.39 is 0 Å². The first-order valence-corrected chi connectivity index (χ1v) is 6.79. The molecule has 0 amide bonds. The van der Waals surface area contributed by atoms with Gasteiger partial charge < -0.3 is 10.6 Å². The van der Waals surface area contributed by atoms with Crippen LogP contribution in [0.25, 0.3) is 0 Å². The zero-order chi connectivity index (χ0) is 14.7. The minimum absolute atomic E-state index is 0.333. The van der Waals surface area contributed by atoms with Crippen LogP contribution in [0, 0.1) is 0 Å². The second kappa shape index (κ2) is 5.90. The van der Waals surface area contributed by atoms with E-state index in [0.29, 0.717) is 11.9 Å². The maximum atomic E-state index is 5.78. The third-order valence-electron chi connectivity index (χ3n) is 3.23. The van der Waals surface area contributed by atoms with Crippen molar-refractivity contribution in [1.82, 2.24) is 19.7 Å². The van der Waals surface area contributed by atoms with E-state index in [9.17, 15) is 0 Å². The third-order valence-corrected chi connectivity index (χ3v) is 3.23. The molecule has 0 spiro atoms. The van der Waals surface area contributed by atoms with Gasteiger partial charge in [-0.2, -0.15) is 10.1 Å². The van der Waals surface area contributed by atoms with Crippen molar-refractivity contribution in [3.05, 3.63) is 29.7 Å². The lowest BCUT2D eigenvalue weighted by Gasteiger charge is -2.19. The Morgan fingerprint density at radius 1 is 1.35 bits per heavy atom. The van der Waals surface area contributed by atoms with Crippen molar-refractivity contribution in [2.24, 2.45) is 7.05 Å². The fraction of sp³-hybridized carbons (Fsp3) is 0.500. The van der Waals surface area contributed by atoms with E-state index >= 15 is 0 Å². The molecule has 0 unspecified atom stereocenters. The van der Waals surface area contributed by atoms with Gasteiger partial charge in [-0.05, 0) is 17.9 Å². The normalized spacial score (nSPS) is 11.1. The van der Waals surface area contributed by atoms with Gasteiger partial charge in [-0.1, -0.05) is 13.8 Å². The summed E-state index contributed by atoms with van der Waals surface area (Å²) in [6.45, 7) is 5.06. The lowest BCUT2D eigenvalue weighted by atomic mass is 10.1. The molecule has 2 N–H and O–H groups in total. The summed E-state index contributed by atoms with van der Waals surface area (Å²) in [6, 6.07) is 2.00. The molecule has 0 atom stereocenters. The zero-order valence-electron chi connectivity index (χ0n) is 12.5. The first kappa shape index (κ1) is 14.3. The highest BCUT2D eigenvalue weighted by Crippen LogP contribution is 2.18. The Morgan fingerprint density at radius 3 is 2.70 bits per heavy atom. The summed E-state index contributed by atoms with van der Waals surface area (Å²) in [6.07, 6.45) is 4.84. The van der Waals surface area contributed by atoms with Gasteiger partial charge in [-0.15, -0.1) is 0 Å². The van der Waals surface area contributed by atoms with Crippen LogP contribution in [0.15, 0.2) is 18.5 Å². The highest BCUT2D eigenvalue weighted by Gasteiger charge is 2.10. The Balaban J connectivity index is 2.06. The Morgan fingerprint density at radius 2 is 2.10 bits per heavy atom. The summed E-state index contributed by atoms with van der Waals surface area (Å²) in [5.41, 5.74) is 7.97. The minimum Gasteiger partial charge on any atom is -0.368 e. The highest BCUT2D eigenvalue weighted by atomic mass is 15.2. The lowest BCUT2D eigenvalue weighted by molar-refractivity contribution is 0.766. The van der Waals surface area contributed by atoms with Crippen LogP contribution in [-0.2, 0) is 13.5 Å². The van der Waals surface area contributed by atoms with E-state index in [4.69, 9.17) is 5.73 Å². The number of rotatable bonds is 5. The van der Waals surface area contributed by atoms with Gasteiger partial charge in [0.05, 0.1) is 11.9 Å². The number of aromatic nitrogens is 4. The smallest absolute Gasteiger partial charge is 0.222 e. The molecule has 0 bridgehead atoms. The van der Waals surface area contributed by atoms with Crippen molar-refractivity contribution in [2.45, 2.75) is 26.2 Å². The number of nitrogens with two attached hydrogens (primary N) is 1. The number of nitrogen functional groups attached to an aromatic ring is 1. The van der Waals surface area contributed by atoms with Crippen LogP contribution in [-0.4, -0.2) is 33.3 Å². The summed E-state index contributed by atoms with van der Waals surface area (Å²) in [7, 11) is 3.94. The first-order chi connectivity index (χ1) is 9.45. The van der Waals surface area contributed by atoms with Gasteiger partial charge in [0.2, 0.25) is 5.95 Å². The second-order valence-electron chi connectivity index (χ2n) is 5.36. The van der Waals surface area contributed by atoms with Crippen LogP contribution >= 0.6 is 0 Å². The zero-order valence-corrected chi connectivity index (χ0v) is 12.5. The fourth-order valence-corrected chi connectivity index (χ4v) is 1.98. The monoisotopic (exact) mass is 274 g/mol. The van der Waals surface area contributed by atoms with Gasteiger partial charge in [0.1, 0.15) is 5.82 Å². The fourth-order valence-electron chi connectivity index (χ4n) is 1.98. The number of hydrogen-bond acceptors (Lipinski definition) is 5. The number of hydrogen-bond donors (Lipinski definition) is 1. The number of aryl methyl sites for hydroxylation is 1. The molecular weight excluding hydrogens is 252 g/mol. The van der Waals surface area contributed by atoms with Gasteiger partial charge in [0.15, 0.2) is 0 Å². The molecule has 2 aromatic rings. The van der Waals surface area contributed by atoms with E-state index in [1.54, 1.807) is 0 Å². The van der Waals surface area contributed by atoms with Crippen molar-refractivity contribution in [1.29, 1.82) is 0 Å². The van der Waals surface area contributed by atoms with Crippen LogP contribution in [0.4, 0.5) is 11.8 Å². The average molecular weight is 274 g/mol. The molecule has 20 heavy (non-hydrogen) atoms. The Bertz CT molecular complexity index is 575. The Hall–Kier alpha value is -2.11. The van der Waals surface area contributed by atoms with Crippen molar-refractivity contribution in [3.8, 4) is 0 Å². The van der Waals surface area contributed by atoms with Crippen molar-refractivity contribution < 1.29 is 0 Å². The molecular formula is C14H22N6. The molecule has 0 aliphatic carbocycles. The van der Waals surface area contributed by atoms with Crippen LogP contribution < -0.4 is 10.6 Å². The third kappa shape index (κ3) is 3.46. The highest BCUT2D eigenvalue weighted by molar-refractivity contribution is 5.43. The van der Waals surface area contributed by atoms with Gasteiger partial charge >= 0.3 is 0 Å². The molecule has 0 aromatic carbocycles. The van der Waals surface area contributed by atoms with Crippen LogP contribution in [0.3, 0.4) is 0 Å². The molecule has 0 saturated carbocycles. The molecule has 108 valence electrons. The molecule has 0 radical (unpaired) electrons. The van der Waals surface area contributed by atoms with Crippen LogP contribution in [0.1, 0.15) is 31.0 Å². The maximum absolute atomic E-state index is 5.78. The Labute approximate surface area is 119 Å². The van der Waals surface area contributed by atoms with E-state index in [2.05, 4.69) is 33.8 Å². The van der Waals surface area contributed by atoms with E-state index in [1.807, 2.05) is 37.2 Å². The predicted molar refractivity (Wildman–Crippen MR) is 80.7 cm³/mol. The molecule has 6 heteroatoms. The number of likely N-dealkylation sites (N-methyl/N-ethyl adjacent to an activating group) is 1. The second-order valence-corrected chi connectivity index (χ2v) is 5.36. The topological polar surface area (TPSA) is 72.9 Å². The number of anilines is 2. The molecule has 6 nitrogen and oxygen atoms in total. The van der Waals surface area contributed by atoms with Crippen molar-refractivity contribution in [3.63, 3.8) is 0 Å². The summed E-state index contributed by atoms with van der Waals surface area (Å²) < 4.78 is 1.81. The largest absolute Gasteiger partial charge is 0.368 e. The molecule has 0 aliphatic rings. The molecule has 2 heterocycles. The van der Waals surface area contributed by atoms with Gasteiger partial charge in [-0.3, -0.25) is 4.68 Å². The van der Waals surface area contributed by atoms with Crippen LogP contribution in [0.2, 0.25) is 0 Å². The van der Waals surface area contributed by atoms with Crippen LogP contribution in [0.5, 0.6) is 0 Å². The van der Waals surface area contributed by atoms with E-state index in [1.165, 1.54) is 5.56 Å². The maximum Gasteiger partial charge on any atom is 0.222 e. The molecule has 0 aliphatic heterocycles. The average Bonchev–Trinajstić information content (AvgIpc) is 2.81. The standard InChI is InChI=1S/C14H22N6/c1-10(2)12-7-13(18-14(15)17-12)19(3)6-5-11-8-16-20(4)9-11/h7-10H,5-6H2,1-4H3,(H2,15,17,18). The molecule has 2 rings (SSSR count). The Kier molecular flexibility index (Phi) is 4.22. The summed E-state index contributed by atoms with van der Waals surface area (Å²) in [5.74, 6) is 1.54. The molecule has 0 fully saturated rings. The van der Waals surface area contributed by atoms with Gasteiger partial charge in [0, 0.05) is 32.9 Å². The number of nitrogens with zero attached hydrogens (tertiary/aromatic N) is 5. The molecule has 2 aromatic heterocycles. The SMILES string of the molecule is CC(C)c1cc(N(C)CCc2cnn(C)c2)nc(N)n1. The summed E-state index contributed by atoms with van der Waals surface area (Å²) in [5, 5.41) is 4.17. The quantitative estimate of drug-likeness (QED) is 0.896. The summed E-state index contributed by atoms with van der Waals surface area (Å²) >= 11 is 0. The van der Waals surface area contributed by atoms with Crippen molar-refractivity contribution >= 4 is 11.8 Å². The lowest BCUT2D eigenvalue weighted by Crippen LogP contribution is -2.22. The first-order valence-electron chi connectivity index (χ1n) is 6.79. The summed E-state index contributed by atoms with van der Waals surface area (Å²) in [4.78, 5) is 10.7. The van der Waals surface area contributed by atoms with Gasteiger partial charge in [-0.25, -0.2) is 4.98 Å². The van der Waals surface area contributed by atoms with E-state index in [-0.39, 0.29) is 0 Å². The molecule has 0 saturated heterocycles. The predicted octanol–water partition coefficient (Wildman–Crippen LogP) is 1.59. The van der Waals surface area contributed by atoms with E-state index in [0.717, 1.165) is 24.5 Å². The van der Waals surface area contributed by atoms with Gasteiger partial charge in [0.25, 0.3) is 0 Å². The van der Waals surface area contributed by atoms with Crippen molar-refractivity contribution in [2.75, 3.05) is 24.2 Å².